The maximum atomic E-state index is 13.9. The summed E-state index contributed by atoms with van der Waals surface area (Å²) < 4.78 is 32.5. The van der Waals surface area contributed by atoms with Gasteiger partial charge in [0.15, 0.2) is 10.8 Å². The quantitative estimate of drug-likeness (QED) is 0.381. The number of aryl methyl sites for hydroxylation is 3. The van der Waals surface area contributed by atoms with Crippen molar-refractivity contribution in [1.82, 2.24) is 39.3 Å². The molecule has 5 heterocycles. The number of nitrogens with one attached hydrogen (secondary N) is 1. The fraction of sp³-hybridized carbons (Fsp3) is 0.273. The predicted molar refractivity (Wildman–Crippen MR) is 127 cm³/mol. The molecule has 0 aliphatic rings. The Balaban J connectivity index is 1.44. The lowest BCUT2D eigenvalue weighted by atomic mass is 10.1. The molecule has 1 amide bonds. The molecule has 35 heavy (non-hydrogen) atoms. The van der Waals surface area contributed by atoms with Crippen LogP contribution >= 0.6 is 11.3 Å². The van der Waals surface area contributed by atoms with Gasteiger partial charge < -0.3 is 5.32 Å². The van der Waals surface area contributed by atoms with Crippen molar-refractivity contribution >= 4 is 33.4 Å². The van der Waals surface area contributed by atoms with E-state index in [-0.39, 0.29) is 23.1 Å². The molecule has 0 unspecified atom stereocenters. The Bertz CT molecular complexity index is 1560. The topological polar surface area (TPSA) is 108 Å². The van der Waals surface area contributed by atoms with Gasteiger partial charge in [-0.2, -0.15) is 15.3 Å². The summed E-state index contributed by atoms with van der Waals surface area (Å²) in [7, 11) is 3.58. The van der Waals surface area contributed by atoms with Crippen LogP contribution in [0.15, 0.2) is 30.0 Å². The molecule has 0 atom stereocenters. The number of thiazole rings is 1. The molecule has 1 N–H and O–H groups in total. The van der Waals surface area contributed by atoms with Gasteiger partial charge in [-0.3, -0.25) is 14.2 Å². The summed E-state index contributed by atoms with van der Waals surface area (Å²) in [4.78, 5) is 21.8. The van der Waals surface area contributed by atoms with E-state index in [0.29, 0.717) is 27.8 Å². The lowest BCUT2D eigenvalue weighted by Gasteiger charge is -2.08. The molecule has 5 aromatic heterocycles. The third-order valence-corrected chi connectivity index (χ3v) is 6.46. The van der Waals surface area contributed by atoms with Gasteiger partial charge in [0, 0.05) is 48.1 Å². The molecule has 0 bridgehead atoms. The summed E-state index contributed by atoms with van der Waals surface area (Å²) >= 11 is 1.28. The molecule has 0 saturated heterocycles. The van der Waals surface area contributed by atoms with Gasteiger partial charge in [0.1, 0.15) is 6.54 Å². The molecule has 10 nitrogen and oxygen atoms in total. The Morgan fingerprint density at radius 2 is 1.94 bits per heavy atom. The number of carbonyl (C=O) groups excluding carboxylic acids is 1. The Labute approximate surface area is 202 Å². The highest BCUT2D eigenvalue weighted by molar-refractivity contribution is 7.14. The fourth-order valence-corrected chi connectivity index (χ4v) is 4.60. The molecular formula is C22H21F2N9OS. The standard InChI is InChI=1S/C22H21F2N9OS/c1-11-19-14(20(23)24)5-16(13-6-25-31(3)8-13)27-21(19)33(30-11)9-18(34)29-22-28-17(10-35-22)15-7-26-32(4)12(15)2/h5-8,10,20H,9H2,1-4H3,(H,28,29,34). The van der Waals surface area contributed by atoms with Gasteiger partial charge in [0.25, 0.3) is 6.43 Å². The molecule has 0 saturated carbocycles. The van der Waals surface area contributed by atoms with E-state index in [9.17, 15) is 13.6 Å². The first-order valence-electron chi connectivity index (χ1n) is 10.6. The molecule has 5 rings (SSSR count). The first kappa shape index (κ1) is 22.8. The summed E-state index contributed by atoms with van der Waals surface area (Å²) in [6, 6.07) is 1.35. The third-order valence-electron chi connectivity index (χ3n) is 5.70. The van der Waals surface area contributed by atoms with Crippen LogP contribution in [0.4, 0.5) is 13.9 Å². The lowest BCUT2D eigenvalue weighted by molar-refractivity contribution is -0.116. The van der Waals surface area contributed by atoms with Crippen LogP contribution in [0.25, 0.3) is 33.5 Å². The Morgan fingerprint density at radius 1 is 1.14 bits per heavy atom. The SMILES string of the molecule is Cc1nn(CC(=O)Nc2nc(-c3cnn(C)c3C)cs2)c2nc(-c3cnn(C)c3)cc(C(F)F)c12. The summed E-state index contributed by atoms with van der Waals surface area (Å²) in [6.45, 7) is 3.35. The van der Waals surface area contributed by atoms with E-state index < -0.39 is 12.3 Å². The van der Waals surface area contributed by atoms with Gasteiger partial charge in [0.2, 0.25) is 5.91 Å². The molecule has 13 heteroatoms. The Kier molecular flexibility index (Phi) is 5.63. The third kappa shape index (κ3) is 4.18. The number of halogens is 2. The van der Waals surface area contributed by atoms with E-state index in [4.69, 9.17) is 0 Å². The van der Waals surface area contributed by atoms with E-state index in [2.05, 4.69) is 30.6 Å². The zero-order valence-electron chi connectivity index (χ0n) is 19.3. The van der Waals surface area contributed by atoms with Crippen molar-refractivity contribution in [1.29, 1.82) is 0 Å². The number of aromatic nitrogens is 8. The van der Waals surface area contributed by atoms with E-state index in [1.165, 1.54) is 22.1 Å². The van der Waals surface area contributed by atoms with Crippen molar-refractivity contribution in [3.63, 3.8) is 0 Å². The number of pyridine rings is 1. The van der Waals surface area contributed by atoms with Gasteiger partial charge in [-0.25, -0.2) is 23.4 Å². The average Bonchev–Trinajstić information content (AvgIpc) is 3.58. The minimum atomic E-state index is -2.73. The second-order valence-electron chi connectivity index (χ2n) is 8.10. The number of fused-ring (bicyclic) bond motifs is 1. The monoisotopic (exact) mass is 497 g/mol. The lowest BCUT2D eigenvalue weighted by Crippen LogP contribution is -2.19. The second kappa shape index (κ2) is 8.65. The number of hydrogen-bond acceptors (Lipinski definition) is 7. The molecule has 5 aromatic rings. The van der Waals surface area contributed by atoms with Crippen LogP contribution < -0.4 is 5.32 Å². The second-order valence-corrected chi connectivity index (χ2v) is 8.95. The predicted octanol–water partition coefficient (Wildman–Crippen LogP) is 3.88. The van der Waals surface area contributed by atoms with Gasteiger partial charge in [-0.15, -0.1) is 11.3 Å². The van der Waals surface area contributed by atoms with Crippen LogP contribution in [0.3, 0.4) is 0 Å². The molecule has 0 aliphatic heterocycles. The fourth-order valence-electron chi connectivity index (χ4n) is 3.87. The molecular weight excluding hydrogens is 476 g/mol. The minimum Gasteiger partial charge on any atom is -0.300 e. The van der Waals surface area contributed by atoms with Crippen LogP contribution in [-0.2, 0) is 25.4 Å². The zero-order chi connectivity index (χ0) is 24.9. The maximum Gasteiger partial charge on any atom is 0.264 e. The van der Waals surface area contributed by atoms with E-state index in [1.54, 1.807) is 41.9 Å². The van der Waals surface area contributed by atoms with Crippen LogP contribution in [-0.4, -0.2) is 45.2 Å². The van der Waals surface area contributed by atoms with Gasteiger partial charge >= 0.3 is 0 Å². The highest BCUT2D eigenvalue weighted by Crippen LogP contribution is 2.33. The van der Waals surface area contributed by atoms with Crippen molar-refractivity contribution in [2.24, 2.45) is 14.1 Å². The minimum absolute atomic E-state index is 0.186. The first-order chi connectivity index (χ1) is 16.7. The number of rotatable bonds is 6. The van der Waals surface area contributed by atoms with Crippen molar-refractivity contribution in [2.75, 3.05) is 5.32 Å². The number of nitrogens with zero attached hydrogens (tertiary/aromatic N) is 8. The van der Waals surface area contributed by atoms with Crippen molar-refractivity contribution in [3.8, 4) is 22.5 Å². The number of hydrogen-bond donors (Lipinski definition) is 1. The molecule has 0 aliphatic carbocycles. The largest absolute Gasteiger partial charge is 0.300 e. The average molecular weight is 498 g/mol. The van der Waals surface area contributed by atoms with Crippen LogP contribution in [0, 0.1) is 13.8 Å². The smallest absolute Gasteiger partial charge is 0.264 e. The van der Waals surface area contributed by atoms with E-state index >= 15 is 0 Å². The maximum absolute atomic E-state index is 13.9. The molecule has 0 aromatic carbocycles. The van der Waals surface area contributed by atoms with Crippen LogP contribution in [0.5, 0.6) is 0 Å². The Hall–Kier alpha value is -4.00. The summed E-state index contributed by atoms with van der Waals surface area (Å²) in [5.74, 6) is -0.398. The number of carbonyl (C=O) groups is 1. The normalized spacial score (nSPS) is 11.6. The van der Waals surface area contributed by atoms with Crippen molar-refractivity contribution in [3.05, 3.63) is 47.0 Å². The summed E-state index contributed by atoms with van der Waals surface area (Å²) in [5, 5.41) is 17.9. The van der Waals surface area contributed by atoms with Gasteiger partial charge in [-0.05, 0) is 19.9 Å². The van der Waals surface area contributed by atoms with Crippen molar-refractivity contribution < 1.29 is 13.6 Å². The number of alkyl halides is 2. The molecule has 180 valence electrons. The molecule has 0 spiro atoms. The van der Waals surface area contributed by atoms with Gasteiger partial charge in [0.05, 0.1) is 34.9 Å². The summed E-state index contributed by atoms with van der Waals surface area (Å²) in [5.41, 5.74) is 3.86. The highest BCUT2D eigenvalue weighted by atomic mass is 32.1. The number of anilines is 1. The summed E-state index contributed by atoms with van der Waals surface area (Å²) in [6.07, 6.45) is 2.23. The Morgan fingerprint density at radius 3 is 2.60 bits per heavy atom. The highest BCUT2D eigenvalue weighted by Gasteiger charge is 2.22. The van der Waals surface area contributed by atoms with Gasteiger partial charge in [-0.1, -0.05) is 0 Å². The van der Waals surface area contributed by atoms with Crippen LogP contribution in [0.2, 0.25) is 0 Å². The molecule has 0 radical (unpaired) electrons. The zero-order valence-corrected chi connectivity index (χ0v) is 20.1. The number of amides is 1. The van der Waals surface area contributed by atoms with Crippen molar-refractivity contribution in [2.45, 2.75) is 26.8 Å². The molecule has 0 fully saturated rings. The van der Waals surface area contributed by atoms with Crippen LogP contribution in [0.1, 0.15) is 23.4 Å². The first-order valence-corrected chi connectivity index (χ1v) is 11.5. The van der Waals surface area contributed by atoms with E-state index in [1.807, 2.05) is 19.4 Å². The van der Waals surface area contributed by atoms with E-state index in [0.717, 1.165) is 11.3 Å².